The van der Waals surface area contributed by atoms with Gasteiger partial charge in [-0.1, -0.05) is 37.8 Å². The number of halogens is 1. The lowest BCUT2D eigenvalue weighted by Crippen LogP contribution is -2.48. The van der Waals surface area contributed by atoms with Crippen LogP contribution >= 0.6 is 11.6 Å². The summed E-state index contributed by atoms with van der Waals surface area (Å²) in [5.74, 6) is 0. The van der Waals surface area contributed by atoms with Crippen LogP contribution in [0.5, 0.6) is 0 Å². The molecule has 1 aromatic heterocycles. The van der Waals surface area contributed by atoms with Crippen LogP contribution in [0.1, 0.15) is 70.7 Å². The van der Waals surface area contributed by atoms with Crippen LogP contribution in [0.2, 0.25) is 5.02 Å². The van der Waals surface area contributed by atoms with Gasteiger partial charge < -0.3 is 10.1 Å². The molecular formula is C16H28ClN3O. The predicted octanol–water partition coefficient (Wildman–Crippen LogP) is 4.12. The third-order valence-corrected chi connectivity index (χ3v) is 4.88. The van der Waals surface area contributed by atoms with E-state index in [1.165, 1.54) is 19.3 Å². The molecule has 0 radical (unpaired) electrons. The lowest BCUT2D eigenvalue weighted by atomic mass is 9.77. The van der Waals surface area contributed by atoms with Crippen molar-refractivity contribution in [3.8, 4) is 0 Å². The van der Waals surface area contributed by atoms with E-state index in [-0.39, 0.29) is 17.7 Å². The average molecular weight is 314 g/mol. The van der Waals surface area contributed by atoms with Crippen LogP contribution < -0.4 is 5.32 Å². The molecule has 2 rings (SSSR count). The van der Waals surface area contributed by atoms with E-state index < -0.39 is 0 Å². The minimum atomic E-state index is -0.176. The summed E-state index contributed by atoms with van der Waals surface area (Å²) in [4.78, 5) is 0. The van der Waals surface area contributed by atoms with Gasteiger partial charge in [0.2, 0.25) is 0 Å². The molecule has 1 saturated carbocycles. The second kappa shape index (κ2) is 7.12. The van der Waals surface area contributed by atoms with Gasteiger partial charge >= 0.3 is 0 Å². The monoisotopic (exact) mass is 313 g/mol. The zero-order valence-corrected chi connectivity index (χ0v) is 14.4. The molecular weight excluding hydrogens is 286 g/mol. The largest absolute Gasteiger partial charge is 0.376 e. The van der Waals surface area contributed by atoms with Crippen molar-refractivity contribution in [2.45, 2.75) is 70.6 Å². The first-order chi connectivity index (χ1) is 10.1. The standard InChI is InChI=1S/C16H28ClN3O/c1-5-18-15(16(21-4)9-7-6-8-10-16)14-13(17)11-19-20(14)12(2)3/h11-12,15,18H,5-10H2,1-4H3. The highest BCUT2D eigenvalue weighted by molar-refractivity contribution is 6.31. The third-order valence-electron chi connectivity index (χ3n) is 4.59. The van der Waals surface area contributed by atoms with Crippen LogP contribution in [0.25, 0.3) is 0 Å². The molecule has 1 fully saturated rings. The quantitative estimate of drug-likeness (QED) is 0.858. The molecule has 120 valence electrons. The van der Waals surface area contributed by atoms with Crippen LogP contribution in [0.15, 0.2) is 6.20 Å². The van der Waals surface area contributed by atoms with E-state index in [1.54, 1.807) is 6.20 Å². The topological polar surface area (TPSA) is 39.1 Å². The summed E-state index contributed by atoms with van der Waals surface area (Å²) in [5, 5.41) is 8.81. The second-order valence-electron chi connectivity index (χ2n) is 6.24. The van der Waals surface area contributed by atoms with Gasteiger partial charge in [-0.15, -0.1) is 0 Å². The lowest BCUT2D eigenvalue weighted by molar-refractivity contribution is -0.0705. The summed E-state index contributed by atoms with van der Waals surface area (Å²) in [7, 11) is 1.83. The van der Waals surface area contributed by atoms with Crippen LogP contribution in [-0.2, 0) is 4.74 Å². The van der Waals surface area contributed by atoms with Crippen molar-refractivity contribution in [1.29, 1.82) is 0 Å². The molecule has 1 aromatic rings. The van der Waals surface area contributed by atoms with Crippen molar-refractivity contribution < 1.29 is 4.74 Å². The average Bonchev–Trinajstić information content (AvgIpc) is 2.87. The minimum Gasteiger partial charge on any atom is -0.376 e. The van der Waals surface area contributed by atoms with Gasteiger partial charge in [0.15, 0.2) is 0 Å². The van der Waals surface area contributed by atoms with Gasteiger partial charge in [0, 0.05) is 13.2 Å². The van der Waals surface area contributed by atoms with E-state index in [2.05, 4.69) is 31.2 Å². The summed E-state index contributed by atoms with van der Waals surface area (Å²) in [6.45, 7) is 7.28. The van der Waals surface area contributed by atoms with Crippen LogP contribution in [0, 0.1) is 0 Å². The highest BCUT2D eigenvalue weighted by Gasteiger charge is 2.43. The summed E-state index contributed by atoms with van der Waals surface area (Å²) < 4.78 is 8.08. The number of nitrogens with one attached hydrogen (secondary N) is 1. The van der Waals surface area contributed by atoms with E-state index in [0.717, 1.165) is 30.1 Å². The van der Waals surface area contributed by atoms with Crippen molar-refractivity contribution in [3.63, 3.8) is 0 Å². The van der Waals surface area contributed by atoms with Gasteiger partial charge in [-0.2, -0.15) is 5.10 Å². The maximum absolute atomic E-state index is 6.48. The number of methoxy groups -OCH3 is 1. The lowest BCUT2D eigenvalue weighted by Gasteiger charge is -2.43. The minimum absolute atomic E-state index is 0.0881. The van der Waals surface area contributed by atoms with Crippen molar-refractivity contribution >= 4 is 11.6 Å². The Balaban J connectivity index is 2.45. The van der Waals surface area contributed by atoms with Crippen molar-refractivity contribution in [3.05, 3.63) is 16.9 Å². The number of nitrogens with zero attached hydrogens (tertiary/aromatic N) is 2. The van der Waals surface area contributed by atoms with Crippen molar-refractivity contribution in [1.82, 2.24) is 15.1 Å². The Labute approximate surface area is 133 Å². The number of aromatic nitrogens is 2. The molecule has 0 amide bonds. The van der Waals surface area contributed by atoms with Crippen molar-refractivity contribution in [2.24, 2.45) is 0 Å². The van der Waals surface area contributed by atoms with E-state index in [0.29, 0.717) is 0 Å². The highest BCUT2D eigenvalue weighted by atomic mass is 35.5. The van der Waals surface area contributed by atoms with Crippen molar-refractivity contribution in [2.75, 3.05) is 13.7 Å². The zero-order chi connectivity index (χ0) is 15.5. The van der Waals surface area contributed by atoms with E-state index in [9.17, 15) is 0 Å². The predicted molar refractivity (Wildman–Crippen MR) is 86.9 cm³/mol. The molecule has 1 aliphatic carbocycles. The van der Waals surface area contributed by atoms with Gasteiger partial charge in [-0.05, 0) is 33.2 Å². The molecule has 5 heteroatoms. The zero-order valence-electron chi connectivity index (χ0n) is 13.7. The number of ether oxygens (including phenoxy) is 1. The Bertz CT molecular complexity index is 452. The number of rotatable bonds is 6. The summed E-state index contributed by atoms with van der Waals surface area (Å²) in [6.07, 6.45) is 7.61. The highest BCUT2D eigenvalue weighted by Crippen LogP contribution is 2.43. The van der Waals surface area contributed by atoms with E-state index >= 15 is 0 Å². The Morgan fingerprint density at radius 1 is 1.38 bits per heavy atom. The Kier molecular flexibility index (Phi) is 5.69. The SMILES string of the molecule is CCNC(c1c(Cl)cnn1C(C)C)C1(OC)CCCCC1. The van der Waals surface area contributed by atoms with Crippen LogP contribution in [-0.4, -0.2) is 29.0 Å². The summed E-state index contributed by atoms with van der Waals surface area (Å²) in [5.41, 5.74) is 0.891. The fourth-order valence-electron chi connectivity index (χ4n) is 3.53. The van der Waals surface area contributed by atoms with E-state index in [1.807, 2.05) is 11.8 Å². The normalized spacial score (nSPS) is 19.9. The third kappa shape index (κ3) is 3.27. The summed E-state index contributed by atoms with van der Waals surface area (Å²) >= 11 is 6.48. The molecule has 0 aromatic carbocycles. The smallest absolute Gasteiger partial charge is 0.0888 e. The Morgan fingerprint density at radius 3 is 2.57 bits per heavy atom. The van der Waals surface area contributed by atoms with Gasteiger partial charge in [0.1, 0.15) is 0 Å². The molecule has 1 heterocycles. The molecule has 0 aliphatic heterocycles. The molecule has 1 aliphatic rings. The summed E-state index contributed by atoms with van der Waals surface area (Å²) in [6, 6.07) is 0.372. The first kappa shape index (κ1) is 16.8. The Hall–Kier alpha value is -0.580. The molecule has 1 N–H and O–H groups in total. The molecule has 4 nitrogen and oxygen atoms in total. The van der Waals surface area contributed by atoms with Crippen LogP contribution in [0.3, 0.4) is 0 Å². The van der Waals surface area contributed by atoms with E-state index in [4.69, 9.17) is 16.3 Å². The first-order valence-corrected chi connectivity index (χ1v) is 8.45. The fraction of sp³-hybridized carbons (Fsp3) is 0.812. The van der Waals surface area contributed by atoms with Crippen LogP contribution in [0.4, 0.5) is 0 Å². The second-order valence-corrected chi connectivity index (χ2v) is 6.64. The molecule has 1 unspecified atom stereocenters. The molecule has 0 spiro atoms. The fourth-order valence-corrected chi connectivity index (χ4v) is 3.77. The van der Waals surface area contributed by atoms with Gasteiger partial charge in [0.25, 0.3) is 0 Å². The molecule has 0 saturated heterocycles. The molecule has 0 bridgehead atoms. The number of hydrogen-bond donors (Lipinski definition) is 1. The molecule has 21 heavy (non-hydrogen) atoms. The maximum Gasteiger partial charge on any atom is 0.0888 e. The first-order valence-electron chi connectivity index (χ1n) is 8.07. The van der Waals surface area contributed by atoms with Gasteiger partial charge in [-0.3, -0.25) is 4.68 Å². The van der Waals surface area contributed by atoms with Gasteiger partial charge in [-0.25, -0.2) is 0 Å². The number of likely N-dealkylation sites (N-methyl/N-ethyl adjacent to an activating group) is 1. The number of hydrogen-bond acceptors (Lipinski definition) is 3. The Morgan fingerprint density at radius 2 is 2.05 bits per heavy atom. The van der Waals surface area contributed by atoms with Gasteiger partial charge in [0.05, 0.1) is 28.6 Å². The maximum atomic E-state index is 6.48. The molecule has 1 atom stereocenters.